The second-order valence-electron chi connectivity index (χ2n) is 4.32. The standard InChI is InChI=1S/C12H16N2OS/c1-8-5-6-10(15-8)9-7-16-11(14-9)12(2,3)13-4/h5-7,13H,1-4H3. The Kier molecular flexibility index (Phi) is 2.86. The molecule has 0 atom stereocenters. The minimum absolute atomic E-state index is 0.0927. The molecular weight excluding hydrogens is 220 g/mol. The van der Waals surface area contributed by atoms with Gasteiger partial charge in [-0.15, -0.1) is 11.3 Å². The molecule has 0 aliphatic rings. The van der Waals surface area contributed by atoms with E-state index in [1.165, 1.54) is 0 Å². The van der Waals surface area contributed by atoms with E-state index in [0.29, 0.717) is 0 Å². The fourth-order valence-corrected chi connectivity index (χ4v) is 2.29. The molecule has 86 valence electrons. The van der Waals surface area contributed by atoms with Crippen LogP contribution < -0.4 is 5.32 Å². The Hall–Kier alpha value is -1.13. The highest BCUT2D eigenvalue weighted by atomic mass is 32.1. The normalized spacial score (nSPS) is 12.0. The third-order valence-corrected chi connectivity index (χ3v) is 3.82. The number of aryl methyl sites for hydroxylation is 1. The first-order valence-corrected chi connectivity index (χ1v) is 6.12. The maximum atomic E-state index is 5.55. The lowest BCUT2D eigenvalue weighted by Crippen LogP contribution is -2.32. The van der Waals surface area contributed by atoms with Gasteiger partial charge in [0, 0.05) is 5.38 Å². The third-order valence-electron chi connectivity index (χ3n) is 2.66. The van der Waals surface area contributed by atoms with Crippen molar-refractivity contribution < 1.29 is 4.42 Å². The SMILES string of the molecule is CNC(C)(C)c1nc(-c2ccc(C)o2)cs1. The number of aromatic nitrogens is 1. The van der Waals surface area contributed by atoms with Crippen LogP contribution in [0.25, 0.3) is 11.5 Å². The molecule has 0 unspecified atom stereocenters. The Morgan fingerprint density at radius 3 is 2.69 bits per heavy atom. The Morgan fingerprint density at radius 2 is 2.12 bits per heavy atom. The van der Waals surface area contributed by atoms with Gasteiger partial charge in [-0.1, -0.05) is 0 Å². The number of thiazole rings is 1. The van der Waals surface area contributed by atoms with Crippen molar-refractivity contribution in [3.63, 3.8) is 0 Å². The molecule has 1 N–H and O–H groups in total. The van der Waals surface area contributed by atoms with Gasteiger partial charge in [-0.2, -0.15) is 0 Å². The molecule has 16 heavy (non-hydrogen) atoms. The summed E-state index contributed by atoms with van der Waals surface area (Å²) >= 11 is 1.65. The molecule has 3 nitrogen and oxygen atoms in total. The second-order valence-corrected chi connectivity index (χ2v) is 5.18. The number of nitrogens with one attached hydrogen (secondary N) is 1. The highest BCUT2D eigenvalue weighted by Crippen LogP contribution is 2.29. The Bertz CT molecular complexity index is 485. The van der Waals surface area contributed by atoms with Crippen LogP contribution in [0.5, 0.6) is 0 Å². The predicted octanol–water partition coefficient (Wildman–Crippen LogP) is 3.17. The van der Waals surface area contributed by atoms with Crippen LogP contribution in [0.4, 0.5) is 0 Å². The van der Waals surface area contributed by atoms with E-state index in [0.717, 1.165) is 22.2 Å². The average molecular weight is 236 g/mol. The van der Waals surface area contributed by atoms with Crippen molar-refractivity contribution in [1.82, 2.24) is 10.3 Å². The van der Waals surface area contributed by atoms with E-state index in [-0.39, 0.29) is 5.54 Å². The summed E-state index contributed by atoms with van der Waals surface area (Å²) in [6.45, 7) is 6.17. The largest absolute Gasteiger partial charge is 0.460 e. The maximum absolute atomic E-state index is 5.55. The van der Waals surface area contributed by atoms with Crippen LogP contribution in [-0.4, -0.2) is 12.0 Å². The van der Waals surface area contributed by atoms with Crippen molar-refractivity contribution in [1.29, 1.82) is 0 Å². The number of hydrogen-bond donors (Lipinski definition) is 1. The Balaban J connectivity index is 2.33. The first-order valence-electron chi connectivity index (χ1n) is 5.24. The third kappa shape index (κ3) is 2.03. The summed E-state index contributed by atoms with van der Waals surface area (Å²) in [5.74, 6) is 1.75. The minimum Gasteiger partial charge on any atom is -0.460 e. The van der Waals surface area contributed by atoms with Gasteiger partial charge in [0.15, 0.2) is 5.76 Å². The van der Waals surface area contributed by atoms with Crippen LogP contribution in [0.1, 0.15) is 24.6 Å². The van der Waals surface area contributed by atoms with E-state index in [9.17, 15) is 0 Å². The van der Waals surface area contributed by atoms with Crippen LogP contribution in [0.3, 0.4) is 0 Å². The number of nitrogens with zero attached hydrogens (tertiary/aromatic N) is 1. The smallest absolute Gasteiger partial charge is 0.153 e. The first kappa shape index (κ1) is 11.4. The van der Waals surface area contributed by atoms with Gasteiger partial charge in [0.25, 0.3) is 0 Å². The van der Waals surface area contributed by atoms with E-state index in [1.54, 1.807) is 11.3 Å². The van der Waals surface area contributed by atoms with E-state index in [2.05, 4.69) is 24.1 Å². The van der Waals surface area contributed by atoms with Crippen molar-refractivity contribution in [3.05, 3.63) is 28.3 Å². The molecule has 0 aliphatic carbocycles. The fourth-order valence-electron chi connectivity index (χ4n) is 1.35. The van der Waals surface area contributed by atoms with Crippen molar-refractivity contribution in [2.24, 2.45) is 0 Å². The van der Waals surface area contributed by atoms with E-state index in [4.69, 9.17) is 4.42 Å². The molecule has 0 aliphatic heterocycles. The summed E-state index contributed by atoms with van der Waals surface area (Å²) in [6.07, 6.45) is 0. The van der Waals surface area contributed by atoms with Gasteiger partial charge in [-0.25, -0.2) is 4.98 Å². The summed E-state index contributed by atoms with van der Waals surface area (Å²) in [4.78, 5) is 4.60. The molecule has 4 heteroatoms. The highest BCUT2D eigenvalue weighted by molar-refractivity contribution is 7.10. The van der Waals surface area contributed by atoms with Crippen LogP contribution >= 0.6 is 11.3 Å². The summed E-state index contributed by atoms with van der Waals surface area (Å²) in [5, 5.41) is 6.35. The van der Waals surface area contributed by atoms with Crippen LogP contribution in [0.2, 0.25) is 0 Å². The monoisotopic (exact) mass is 236 g/mol. The molecule has 0 saturated carbocycles. The Morgan fingerprint density at radius 1 is 1.38 bits per heavy atom. The lowest BCUT2D eigenvalue weighted by Gasteiger charge is -2.20. The van der Waals surface area contributed by atoms with Gasteiger partial charge in [0.2, 0.25) is 0 Å². The van der Waals surface area contributed by atoms with Crippen LogP contribution in [0, 0.1) is 6.92 Å². The highest BCUT2D eigenvalue weighted by Gasteiger charge is 2.22. The fraction of sp³-hybridized carbons (Fsp3) is 0.417. The van der Waals surface area contributed by atoms with Gasteiger partial charge in [0.1, 0.15) is 16.5 Å². The summed E-state index contributed by atoms with van der Waals surface area (Å²) < 4.78 is 5.55. The maximum Gasteiger partial charge on any atom is 0.153 e. The molecular formula is C12H16N2OS. The second kappa shape index (κ2) is 4.03. The lowest BCUT2D eigenvalue weighted by molar-refractivity contribution is 0.442. The molecule has 0 radical (unpaired) electrons. The van der Waals surface area contributed by atoms with E-state index < -0.39 is 0 Å². The van der Waals surface area contributed by atoms with Gasteiger partial charge in [-0.3, -0.25) is 0 Å². The molecule has 2 aromatic rings. The van der Waals surface area contributed by atoms with Crippen molar-refractivity contribution in [2.75, 3.05) is 7.05 Å². The topological polar surface area (TPSA) is 38.1 Å². The van der Waals surface area contributed by atoms with E-state index >= 15 is 0 Å². The molecule has 0 fully saturated rings. The van der Waals surface area contributed by atoms with Crippen LogP contribution in [-0.2, 0) is 5.54 Å². The molecule has 2 aromatic heterocycles. The zero-order chi connectivity index (χ0) is 11.8. The van der Waals surface area contributed by atoms with Crippen molar-refractivity contribution >= 4 is 11.3 Å². The molecule has 0 amide bonds. The van der Waals surface area contributed by atoms with Crippen molar-refractivity contribution in [3.8, 4) is 11.5 Å². The summed E-state index contributed by atoms with van der Waals surface area (Å²) in [5.41, 5.74) is 0.821. The lowest BCUT2D eigenvalue weighted by atomic mass is 10.1. The molecule has 0 aromatic carbocycles. The first-order chi connectivity index (χ1) is 7.53. The van der Waals surface area contributed by atoms with Crippen LogP contribution in [0.15, 0.2) is 21.9 Å². The molecule has 0 bridgehead atoms. The number of furan rings is 1. The molecule has 0 saturated heterocycles. The van der Waals surface area contributed by atoms with Crippen molar-refractivity contribution in [2.45, 2.75) is 26.3 Å². The quantitative estimate of drug-likeness (QED) is 0.889. The van der Waals surface area contributed by atoms with Gasteiger partial charge in [-0.05, 0) is 40.0 Å². The summed E-state index contributed by atoms with van der Waals surface area (Å²) in [6, 6.07) is 3.91. The van der Waals surface area contributed by atoms with Gasteiger partial charge < -0.3 is 9.73 Å². The molecule has 2 heterocycles. The van der Waals surface area contributed by atoms with Gasteiger partial charge in [0.05, 0.1) is 5.54 Å². The average Bonchev–Trinajstić information content (AvgIpc) is 2.85. The van der Waals surface area contributed by atoms with Gasteiger partial charge >= 0.3 is 0 Å². The molecule has 2 rings (SSSR count). The number of hydrogen-bond acceptors (Lipinski definition) is 4. The number of rotatable bonds is 3. The Labute approximate surface area is 99.5 Å². The minimum atomic E-state index is -0.0927. The summed E-state index contributed by atoms with van der Waals surface area (Å²) in [7, 11) is 1.94. The predicted molar refractivity (Wildman–Crippen MR) is 66.6 cm³/mol. The zero-order valence-corrected chi connectivity index (χ0v) is 10.8. The van der Waals surface area contributed by atoms with E-state index in [1.807, 2.05) is 31.5 Å². The molecule has 0 spiro atoms. The zero-order valence-electron chi connectivity index (χ0n) is 10.00.